The fourth-order valence-corrected chi connectivity index (χ4v) is 2.88. The molecule has 0 unspecified atom stereocenters. The molecule has 0 amide bonds. The van der Waals surface area contributed by atoms with Gasteiger partial charge in [0.15, 0.2) is 0 Å². The van der Waals surface area contributed by atoms with Crippen molar-refractivity contribution in [3.05, 3.63) is 23.6 Å². The van der Waals surface area contributed by atoms with Crippen LogP contribution in [0.4, 0.5) is 10.2 Å². The summed E-state index contributed by atoms with van der Waals surface area (Å²) >= 11 is 0. The molecule has 1 aromatic rings. The molecule has 0 aliphatic heterocycles. The first-order valence-electron chi connectivity index (χ1n) is 7.66. The number of aromatic nitrogens is 1. The lowest BCUT2D eigenvalue weighted by atomic mass is 10.1. The second-order valence-corrected chi connectivity index (χ2v) is 6.21. The van der Waals surface area contributed by atoms with Crippen molar-refractivity contribution in [1.82, 2.24) is 10.3 Å². The predicted molar refractivity (Wildman–Crippen MR) is 81.4 cm³/mol. The molecule has 0 saturated heterocycles. The summed E-state index contributed by atoms with van der Waals surface area (Å²) in [7, 11) is 2.09. The van der Waals surface area contributed by atoms with E-state index >= 15 is 0 Å². The molecule has 1 aliphatic carbocycles. The Morgan fingerprint density at radius 1 is 1.40 bits per heavy atom. The largest absolute Gasteiger partial charge is 0.356 e. The maximum Gasteiger partial charge on any atom is 0.141 e. The molecule has 1 saturated carbocycles. The molecule has 1 N–H and O–H groups in total. The Labute approximate surface area is 121 Å². The lowest BCUT2D eigenvalue weighted by Crippen LogP contribution is -2.31. The van der Waals surface area contributed by atoms with Crippen molar-refractivity contribution in [2.45, 2.75) is 52.1 Å². The van der Waals surface area contributed by atoms with E-state index in [0.717, 1.165) is 17.9 Å². The predicted octanol–water partition coefficient (Wildman–Crippen LogP) is 3.35. The van der Waals surface area contributed by atoms with Gasteiger partial charge in [0.2, 0.25) is 0 Å². The van der Waals surface area contributed by atoms with Crippen LogP contribution in [0.25, 0.3) is 0 Å². The Morgan fingerprint density at radius 3 is 2.75 bits per heavy atom. The summed E-state index contributed by atoms with van der Waals surface area (Å²) in [5.41, 5.74) is 0.958. The highest BCUT2D eigenvalue weighted by atomic mass is 19.1. The summed E-state index contributed by atoms with van der Waals surface area (Å²) < 4.78 is 13.5. The van der Waals surface area contributed by atoms with Gasteiger partial charge >= 0.3 is 0 Å². The van der Waals surface area contributed by atoms with Crippen LogP contribution in [0.15, 0.2) is 12.3 Å². The summed E-state index contributed by atoms with van der Waals surface area (Å²) in [4.78, 5) is 6.57. The third kappa shape index (κ3) is 3.92. The quantitative estimate of drug-likeness (QED) is 0.865. The van der Waals surface area contributed by atoms with Crippen molar-refractivity contribution >= 4 is 5.82 Å². The second kappa shape index (κ2) is 7.02. The number of nitrogens with one attached hydrogen (secondary N) is 1. The number of rotatable bonds is 6. The average molecular weight is 279 g/mol. The van der Waals surface area contributed by atoms with Crippen molar-refractivity contribution in [2.75, 3.05) is 18.5 Å². The van der Waals surface area contributed by atoms with Gasteiger partial charge in [0.1, 0.15) is 11.6 Å². The molecule has 112 valence electrons. The van der Waals surface area contributed by atoms with Crippen molar-refractivity contribution < 1.29 is 4.39 Å². The number of pyridine rings is 1. The fourth-order valence-electron chi connectivity index (χ4n) is 2.88. The molecule has 2 rings (SSSR count). The Morgan fingerprint density at radius 2 is 2.10 bits per heavy atom. The van der Waals surface area contributed by atoms with Crippen molar-refractivity contribution in [3.63, 3.8) is 0 Å². The minimum Gasteiger partial charge on any atom is -0.356 e. The first-order chi connectivity index (χ1) is 9.58. The molecule has 0 bridgehead atoms. The van der Waals surface area contributed by atoms with Gasteiger partial charge in [-0.25, -0.2) is 9.37 Å². The minimum absolute atomic E-state index is 0.255. The van der Waals surface area contributed by atoms with Crippen LogP contribution in [0.3, 0.4) is 0 Å². The van der Waals surface area contributed by atoms with Crippen LogP contribution in [0.2, 0.25) is 0 Å². The van der Waals surface area contributed by atoms with Crippen LogP contribution in [0, 0.1) is 11.7 Å². The summed E-state index contributed by atoms with van der Waals surface area (Å²) in [6.07, 6.45) is 6.34. The molecular weight excluding hydrogens is 253 g/mol. The SMILES string of the molecule is CC(C)CNCc1cc(F)cnc1N(C)C1CCCC1. The lowest BCUT2D eigenvalue weighted by molar-refractivity contribution is 0.546. The van der Waals surface area contributed by atoms with Gasteiger partial charge in [0.25, 0.3) is 0 Å². The van der Waals surface area contributed by atoms with E-state index in [1.807, 2.05) is 0 Å². The topological polar surface area (TPSA) is 28.2 Å². The maximum atomic E-state index is 13.5. The number of anilines is 1. The molecule has 0 radical (unpaired) electrons. The summed E-state index contributed by atoms with van der Waals surface area (Å²) in [6.45, 7) is 5.95. The van der Waals surface area contributed by atoms with Gasteiger partial charge in [-0.3, -0.25) is 0 Å². The van der Waals surface area contributed by atoms with E-state index in [0.29, 0.717) is 18.5 Å². The van der Waals surface area contributed by atoms with E-state index in [4.69, 9.17) is 0 Å². The molecule has 1 aromatic heterocycles. The second-order valence-electron chi connectivity index (χ2n) is 6.21. The summed E-state index contributed by atoms with van der Waals surface area (Å²) in [5.74, 6) is 1.26. The van der Waals surface area contributed by atoms with Gasteiger partial charge in [-0.15, -0.1) is 0 Å². The maximum absolute atomic E-state index is 13.5. The lowest BCUT2D eigenvalue weighted by Gasteiger charge is -2.27. The Balaban J connectivity index is 2.09. The normalized spacial score (nSPS) is 16.1. The number of hydrogen-bond donors (Lipinski definition) is 1. The average Bonchev–Trinajstić information content (AvgIpc) is 2.91. The van der Waals surface area contributed by atoms with Gasteiger partial charge in [-0.05, 0) is 31.4 Å². The van der Waals surface area contributed by atoms with Crippen LogP contribution in [0.1, 0.15) is 45.1 Å². The highest BCUT2D eigenvalue weighted by Gasteiger charge is 2.22. The summed E-state index contributed by atoms with van der Waals surface area (Å²) in [5, 5.41) is 3.38. The monoisotopic (exact) mass is 279 g/mol. The molecule has 0 atom stereocenters. The smallest absolute Gasteiger partial charge is 0.141 e. The molecule has 4 heteroatoms. The van der Waals surface area contributed by atoms with Crippen molar-refractivity contribution in [2.24, 2.45) is 5.92 Å². The molecule has 20 heavy (non-hydrogen) atoms. The third-order valence-corrected chi connectivity index (χ3v) is 3.98. The number of halogens is 1. The Bertz CT molecular complexity index is 428. The molecule has 1 heterocycles. The van der Waals surface area contributed by atoms with Crippen LogP contribution in [-0.2, 0) is 6.54 Å². The molecule has 3 nitrogen and oxygen atoms in total. The first kappa shape index (κ1) is 15.2. The fraction of sp³-hybridized carbons (Fsp3) is 0.688. The highest BCUT2D eigenvalue weighted by molar-refractivity contribution is 5.47. The van der Waals surface area contributed by atoms with Crippen LogP contribution >= 0.6 is 0 Å². The molecule has 0 aromatic carbocycles. The van der Waals surface area contributed by atoms with E-state index in [1.54, 1.807) is 6.07 Å². The highest BCUT2D eigenvalue weighted by Crippen LogP contribution is 2.28. The molecule has 1 fully saturated rings. The van der Waals surface area contributed by atoms with Crippen LogP contribution < -0.4 is 10.2 Å². The standard InChI is InChI=1S/C16H26FN3/c1-12(2)9-18-10-13-8-14(17)11-19-16(13)20(3)15-6-4-5-7-15/h8,11-12,15,18H,4-7,9-10H2,1-3H3. The van der Waals surface area contributed by atoms with E-state index < -0.39 is 0 Å². The third-order valence-electron chi connectivity index (χ3n) is 3.98. The number of nitrogens with zero attached hydrogens (tertiary/aromatic N) is 2. The van der Waals surface area contributed by atoms with E-state index in [1.165, 1.54) is 31.9 Å². The minimum atomic E-state index is -0.255. The Hall–Kier alpha value is -1.16. The van der Waals surface area contributed by atoms with Gasteiger partial charge < -0.3 is 10.2 Å². The number of hydrogen-bond acceptors (Lipinski definition) is 3. The van der Waals surface area contributed by atoms with Crippen molar-refractivity contribution in [3.8, 4) is 0 Å². The molecular formula is C16H26FN3. The van der Waals surface area contributed by atoms with E-state index in [9.17, 15) is 4.39 Å². The zero-order chi connectivity index (χ0) is 14.5. The first-order valence-corrected chi connectivity index (χ1v) is 7.66. The summed E-state index contributed by atoms with van der Waals surface area (Å²) in [6, 6.07) is 2.16. The van der Waals surface area contributed by atoms with Gasteiger partial charge in [-0.1, -0.05) is 26.7 Å². The van der Waals surface area contributed by atoms with E-state index in [-0.39, 0.29) is 5.82 Å². The van der Waals surface area contributed by atoms with Crippen LogP contribution in [-0.4, -0.2) is 24.6 Å². The van der Waals surface area contributed by atoms with Gasteiger partial charge in [-0.2, -0.15) is 0 Å². The Kier molecular flexibility index (Phi) is 5.35. The van der Waals surface area contributed by atoms with Crippen LogP contribution in [0.5, 0.6) is 0 Å². The zero-order valence-electron chi connectivity index (χ0n) is 12.8. The molecule has 1 aliphatic rings. The zero-order valence-corrected chi connectivity index (χ0v) is 12.8. The van der Waals surface area contributed by atoms with E-state index in [2.05, 4.69) is 36.1 Å². The van der Waals surface area contributed by atoms with Gasteiger partial charge in [0, 0.05) is 25.2 Å². The van der Waals surface area contributed by atoms with Gasteiger partial charge in [0.05, 0.1) is 6.20 Å². The molecule has 0 spiro atoms. The van der Waals surface area contributed by atoms with Crippen molar-refractivity contribution in [1.29, 1.82) is 0 Å².